The van der Waals surface area contributed by atoms with Crippen molar-refractivity contribution in [1.29, 1.82) is 0 Å². The third kappa shape index (κ3) is 5.97. The molecule has 1 amide bonds. The largest absolute Gasteiger partial charge is 0.394 e. The molecule has 0 radical (unpaired) electrons. The summed E-state index contributed by atoms with van der Waals surface area (Å²) in [5.74, 6) is -0.639. The van der Waals surface area contributed by atoms with Crippen LogP contribution in [0, 0.1) is 0 Å². The predicted octanol–water partition coefficient (Wildman–Crippen LogP) is -6.40. The summed E-state index contributed by atoms with van der Waals surface area (Å²) in [6.07, 6.45) is -22.1. The van der Waals surface area contributed by atoms with Crippen molar-refractivity contribution in [2.45, 2.75) is 106 Å². The summed E-state index contributed by atoms with van der Waals surface area (Å²) >= 11 is 0. The second kappa shape index (κ2) is 12.2. The van der Waals surface area contributed by atoms with Crippen molar-refractivity contribution in [2.24, 2.45) is 0 Å². The lowest BCUT2D eigenvalue weighted by Crippen LogP contribution is -2.68. The third-order valence-corrected chi connectivity index (χ3v) is 6.46. The van der Waals surface area contributed by atoms with E-state index in [0.717, 1.165) is 6.92 Å². The van der Waals surface area contributed by atoms with Crippen molar-refractivity contribution in [2.75, 3.05) is 13.2 Å². The van der Waals surface area contributed by atoms with E-state index >= 15 is 0 Å². The molecule has 0 aromatic heterocycles. The van der Waals surface area contributed by atoms with Gasteiger partial charge in [0.25, 0.3) is 0 Å². The molecule has 0 spiro atoms. The normalized spacial score (nSPS) is 50.0. The second-order valence-corrected chi connectivity index (χ2v) is 9.05. The van der Waals surface area contributed by atoms with Gasteiger partial charge in [0.2, 0.25) is 5.91 Å². The number of aliphatic hydroxyl groups excluding tert-OH is 9. The molecule has 6 unspecified atom stereocenters. The minimum atomic E-state index is -1.89. The standard InChI is InChI=1S/C20H35NO15/c1-5-10(25)14(29)15(30)20(32-5)36-17-16(12(27)8(4-23)33-18(17)31)35-19-9(21-6(2)24)13(28)11(26)7(3-22)34-19/h5,7-20,22-23,25-31H,3-4H2,1-2H3,(H,21,24)/t5?,7?,8?,9?,10-,11+,12+,13+,14+,15?,16-,17?,18+,19-,20+/m1/s1. The highest BCUT2D eigenvalue weighted by Crippen LogP contribution is 2.32. The fraction of sp³-hybridized carbons (Fsp3) is 0.950. The van der Waals surface area contributed by atoms with Crippen molar-refractivity contribution in [3.05, 3.63) is 0 Å². The maximum atomic E-state index is 11.7. The van der Waals surface area contributed by atoms with E-state index in [9.17, 15) is 50.8 Å². The minimum absolute atomic E-state index is 0.639. The summed E-state index contributed by atoms with van der Waals surface area (Å²) < 4.78 is 27.4. The van der Waals surface area contributed by atoms with Crippen LogP contribution in [0.15, 0.2) is 0 Å². The van der Waals surface area contributed by atoms with Gasteiger partial charge in [0.1, 0.15) is 67.1 Å². The van der Waals surface area contributed by atoms with Gasteiger partial charge in [-0.15, -0.1) is 0 Å². The van der Waals surface area contributed by atoms with Gasteiger partial charge in [-0.25, -0.2) is 0 Å². The average molecular weight is 529 g/mol. The van der Waals surface area contributed by atoms with E-state index in [4.69, 9.17) is 23.7 Å². The summed E-state index contributed by atoms with van der Waals surface area (Å²) in [5.41, 5.74) is 0. The number of aliphatic hydroxyl groups is 9. The van der Waals surface area contributed by atoms with Crippen LogP contribution in [0.5, 0.6) is 0 Å². The molecule has 0 aliphatic carbocycles. The van der Waals surface area contributed by atoms with E-state index in [1.807, 2.05) is 0 Å². The predicted molar refractivity (Wildman–Crippen MR) is 111 cm³/mol. The molecule has 16 heteroatoms. The molecule has 3 saturated heterocycles. The molecule has 15 atom stereocenters. The van der Waals surface area contributed by atoms with Crippen LogP contribution in [0.25, 0.3) is 0 Å². The first kappa shape index (κ1) is 29.5. The number of rotatable bonds is 7. The third-order valence-electron chi connectivity index (χ3n) is 6.46. The lowest BCUT2D eigenvalue weighted by Gasteiger charge is -2.48. The fourth-order valence-electron chi connectivity index (χ4n) is 4.38. The van der Waals surface area contributed by atoms with Gasteiger partial charge in [-0.3, -0.25) is 4.79 Å². The fourth-order valence-corrected chi connectivity index (χ4v) is 4.38. The van der Waals surface area contributed by atoms with Crippen LogP contribution >= 0.6 is 0 Å². The maximum Gasteiger partial charge on any atom is 0.217 e. The van der Waals surface area contributed by atoms with Gasteiger partial charge in [0.15, 0.2) is 18.9 Å². The van der Waals surface area contributed by atoms with Crippen LogP contribution < -0.4 is 5.32 Å². The maximum absolute atomic E-state index is 11.7. The number of ether oxygens (including phenoxy) is 5. The van der Waals surface area contributed by atoms with Gasteiger partial charge >= 0.3 is 0 Å². The molecule has 0 aromatic rings. The molecule has 3 rings (SSSR count). The summed E-state index contributed by atoms with van der Waals surface area (Å²) in [5, 5.41) is 93.7. The lowest BCUT2D eigenvalue weighted by molar-refractivity contribution is -0.380. The number of nitrogens with one attached hydrogen (secondary N) is 1. The zero-order valence-corrected chi connectivity index (χ0v) is 19.5. The van der Waals surface area contributed by atoms with Crippen LogP contribution in [0.3, 0.4) is 0 Å². The Hall–Kier alpha value is -1.09. The molecule has 3 fully saturated rings. The minimum Gasteiger partial charge on any atom is -0.394 e. The summed E-state index contributed by atoms with van der Waals surface area (Å²) in [7, 11) is 0. The SMILES string of the molecule is CC(=O)NC1[C@@H](O[C@H]2C(O[C@@H]3OC(C)[C@@H](O)[C@H](O)C3O)[C@@H](O)OC(CO)[C@@H]2O)OC(CO)[C@H](O)[C@H]1O. The highest BCUT2D eigenvalue weighted by molar-refractivity contribution is 5.73. The molecule has 16 nitrogen and oxygen atoms in total. The second-order valence-electron chi connectivity index (χ2n) is 9.05. The molecule has 0 aromatic carbocycles. The Morgan fingerprint density at radius 2 is 1.31 bits per heavy atom. The Kier molecular flexibility index (Phi) is 9.97. The van der Waals surface area contributed by atoms with Crippen LogP contribution in [0.1, 0.15) is 13.8 Å². The van der Waals surface area contributed by atoms with Gasteiger partial charge < -0.3 is 75.0 Å². The summed E-state index contributed by atoms with van der Waals surface area (Å²) in [6.45, 7) is 1.00. The van der Waals surface area contributed by atoms with Crippen molar-refractivity contribution in [3.8, 4) is 0 Å². The Labute approximate surface area is 205 Å². The molecule has 0 bridgehead atoms. The van der Waals surface area contributed by atoms with E-state index in [1.165, 1.54) is 6.92 Å². The van der Waals surface area contributed by atoms with Gasteiger partial charge in [-0.05, 0) is 6.92 Å². The van der Waals surface area contributed by atoms with Crippen molar-refractivity contribution < 1.29 is 74.4 Å². The molecule has 0 saturated carbocycles. The number of carbonyl (C=O) groups excluding carboxylic acids is 1. The first-order chi connectivity index (χ1) is 16.9. The molecule has 210 valence electrons. The van der Waals surface area contributed by atoms with Crippen molar-refractivity contribution in [1.82, 2.24) is 5.32 Å². The molecule has 3 aliphatic heterocycles. The van der Waals surface area contributed by atoms with Crippen molar-refractivity contribution >= 4 is 5.91 Å². The lowest BCUT2D eigenvalue weighted by atomic mass is 9.95. The zero-order valence-electron chi connectivity index (χ0n) is 19.5. The Morgan fingerprint density at radius 1 is 0.722 bits per heavy atom. The smallest absolute Gasteiger partial charge is 0.217 e. The highest BCUT2D eigenvalue weighted by atomic mass is 16.8. The van der Waals surface area contributed by atoms with E-state index in [2.05, 4.69) is 5.32 Å². The quantitative estimate of drug-likeness (QED) is 0.147. The van der Waals surface area contributed by atoms with Crippen LogP contribution in [-0.2, 0) is 28.5 Å². The highest BCUT2D eigenvalue weighted by Gasteiger charge is 2.53. The Bertz CT molecular complexity index is 731. The molecular formula is C20H35NO15. The van der Waals surface area contributed by atoms with Gasteiger partial charge in [0, 0.05) is 6.92 Å². The Morgan fingerprint density at radius 3 is 1.89 bits per heavy atom. The van der Waals surface area contributed by atoms with Gasteiger partial charge in [-0.2, -0.15) is 0 Å². The van der Waals surface area contributed by atoms with E-state index < -0.39 is 111 Å². The number of hydrogen-bond donors (Lipinski definition) is 10. The molecular weight excluding hydrogens is 494 g/mol. The molecule has 36 heavy (non-hydrogen) atoms. The van der Waals surface area contributed by atoms with E-state index in [-0.39, 0.29) is 0 Å². The topological polar surface area (TPSA) is 257 Å². The van der Waals surface area contributed by atoms with Crippen LogP contribution in [0.2, 0.25) is 0 Å². The molecule has 3 heterocycles. The van der Waals surface area contributed by atoms with E-state index in [0.29, 0.717) is 0 Å². The first-order valence-electron chi connectivity index (χ1n) is 11.4. The number of carbonyl (C=O) groups is 1. The Balaban J connectivity index is 1.88. The molecule has 10 N–H and O–H groups in total. The zero-order chi connectivity index (χ0) is 26.9. The van der Waals surface area contributed by atoms with Crippen LogP contribution in [-0.4, -0.2) is 157 Å². The molecule has 3 aliphatic rings. The number of hydrogen-bond acceptors (Lipinski definition) is 15. The summed E-state index contributed by atoms with van der Waals surface area (Å²) in [4.78, 5) is 11.7. The monoisotopic (exact) mass is 529 g/mol. The average Bonchev–Trinajstić information content (AvgIpc) is 2.84. The summed E-state index contributed by atoms with van der Waals surface area (Å²) in [6, 6.07) is -1.41. The van der Waals surface area contributed by atoms with Gasteiger partial charge in [-0.1, -0.05) is 0 Å². The number of amides is 1. The van der Waals surface area contributed by atoms with Gasteiger partial charge in [0.05, 0.1) is 19.3 Å². The first-order valence-corrected chi connectivity index (χ1v) is 11.4. The van der Waals surface area contributed by atoms with Crippen LogP contribution in [0.4, 0.5) is 0 Å². The van der Waals surface area contributed by atoms with Crippen molar-refractivity contribution in [3.63, 3.8) is 0 Å². The van der Waals surface area contributed by atoms with E-state index in [1.54, 1.807) is 0 Å².